The maximum Gasteiger partial charge on any atom is 0.321 e. The summed E-state index contributed by atoms with van der Waals surface area (Å²) in [7, 11) is -4.10. The lowest BCUT2D eigenvalue weighted by Gasteiger charge is -2.14. The number of rotatable bonds is 7. The zero-order valence-corrected chi connectivity index (χ0v) is 12.2. The maximum atomic E-state index is 12.1. The van der Waals surface area contributed by atoms with Crippen LogP contribution in [0.2, 0.25) is 0 Å². The van der Waals surface area contributed by atoms with E-state index in [1.165, 1.54) is 30.1 Å². The second kappa shape index (κ2) is 7.23. The van der Waals surface area contributed by atoms with Crippen LogP contribution in [0.3, 0.4) is 0 Å². The molecule has 0 unspecified atom stereocenters. The first-order chi connectivity index (χ1) is 9.42. The van der Waals surface area contributed by atoms with Crippen LogP contribution in [0.15, 0.2) is 23.2 Å². The van der Waals surface area contributed by atoms with E-state index in [4.69, 9.17) is 10.4 Å². The molecule has 0 amide bonds. The van der Waals surface area contributed by atoms with Crippen LogP contribution in [-0.2, 0) is 14.8 Å². The maximum absolute atomic E-state index is 12.1. The van der Waals surface area contributed by atoms with Crippen molar-refractivity contribution >= 4 is 27.8 Å². The van der Waals surface area contributed by atoms with Crippen molar-refractivity contribution in [3.8, 4) is 6.07 Å². The summed E-state index contributed by atoms with van der Waals surface area (Å²) in [5.74, 6) is -0.762. The Bertz CT molecular complexity index is 625. The minimum Gasteiger partial charge on any atom is -0.480 e. The molecule has 2 N–H and O–H groups in total. The molecule has 0 bridgehead atoms. The third-order valence-corrected chi connectivity index (χ3v) is 4.52. The average Bonchev–Trinajstić information content (AvgIpc) is 2.43. The van der Waals surface area contributed by atoms with E-state index in [1.807, 2.05) is 0 Å². The van der Waals surface area contributed by atoms with Gasteiger partial charge in [0.05, 0.1) is 0 Å². The summed E-state index contributed by atoms with van der Waals surface area (Å²) in [6.45, 7) is 0. The van der Waals surface area contributed by atoms with Crippen LogP contribution in [0.25, 0.3) is 0 Å². The molecule has 0 saturated carbocycles. The van der Waals surface area contributed by atoms with Crippen molar-refractivity contribution in [1.82, 2.24) is 9.71 Å². The van der Waals surface area contributed by atoms with E-state index in [9.17, 15) is 13.2 Å². The van der Waals surface area contributed by atoms with E-state index in [0.29, 0.717) is 5.75 Å². The molecule has 1 rings (SSSR count). The van der Waals surface area contributed by atoms with Gasteiger partial charge in [-0.1, -0.05) is 0 Å². The number of carboxylic acid groups (broad SMARTS) is 1. The topological polar surface area (TPSA) is 120 Å². The van der Waals surface area contributed by atoms with E-state index in [1.54, 1.807) is 12.3 Å². The van der Waals surface area contributed by atoms with Crippen molar-refractivity contribution in [2.75, 3.05) is 12.0 Å². The molecule has 0 aliphatic carbocycles. The number of aromatic nitrogens is 1. The van der Waals surface area contributed by atoms with E-state index >= 15 is 0 Å². The van der Waals surface area contributed by atoms with Crippen molar-refractivity contribution in [3.05, 3.63) is 24.0 Å². The molecule has 0 fully saturated rings. The molecule has 0 saturated heterocycles. The SMILES string of the molecule is CSCC[C@@H](NS(=O)(=O)c1cccnc1C#N)C(=O)O. The molecule has 0 spiro atoms. The second-order valence-electron chi connectivity index (χ2n) is 3.76. The molecule has 9 heteroatoms. The first-order valence-electron chi connectivity index (χ1n) is 5.51. The van der Waals surface area contributed by atoms with Crippen molar-refractivity contribution in [1.29, 1.82) is 5.26 Å². The molecular weight excluding hydrogens is 302 g/mol. The van der Waals surface area contributed by atoms with Gasteiger partial charge in [0.15, 0.2) is 5.69 Å². The van der Waals surface area contributed by atoms with E-state index < -0.39 is 22.0 Å². The Kier molecular flexibility index (Phi) is 5.94. The number of aliphatic carboxylic acids is 1. The molecule has 1 atom stereocenters. The average molecular weight is 315 g/mol. The van der Waals surface area contributed by atoms with Gasteiger partial charge in [-0.3, -0.25) is 4.79 Å². The Hall–Kier alpha value is -1.63. The van der Waals surface area contributed by atoms with E-state index in [-0.39, 0.29) is 17.0 Å². The predicted octanol–water partition coefficient (Wildman–Crippen LogP) is 0.438. The molecule has 0 aliphatic rings. The summed E-state index contributed by atoms with van der Waals surface area (Å²) >= 11 is 1.41. The Balaban J connectivity index is 3.04. The molecule has 0 aliphatic heterocycles. The molecule has 0 radical (unpaired) electrons. The van der Waals surface area contributed by atoms with Gasteiger partial charge >= 0.3 is 5.97 Å². The van der Waals surface area contributed by atoms with Crippen molar-refractivity contribution in [2.24, 2.45) is 0 Å². The van der Waals surface area contributed by atoms with Crippen LogP contribution in [0.1, 0.15) is 12.1 Å². The summed E-state index contributed by atoms with van der Waals surface area (Å²) in [6.07, 6.45) is 3.24. The van der Waals surface area contributed by atoms with Gasteiger partial charge in [-0.25, -0.2) is 13.4 Å². The minimum atomic E-state index is -4.10. The van der Waals surface area contributed by atoms with Crippen LogP contribution in [0.4, 0.5) is 0 Å². The Morgan fingerprint density at radius 1 is 1.65 bits per heavy atom. The number of hydrogen-bond acceptors (Lipinski definition) is 6. The number of nitriles is 1. The highest BCUT2D eigenvalue weighted by Gasteiger charge is 2.27. The normalized spacial score (nSPS) is 12.6. The number of sulfonamides is 1. The standard InChI is InChI=1S/C11H13N3O4S2/c1-19-6-4-8(11(15)16)14-20(17,18)10-3-2-5-13-9(10)7-12/h2-3,5,8,14H,4,6H2,1H3,(H,15,16)/t8-/m1/s1. The number of hydrogen-bond donors (Lipinski definition) is 2. The Morgan fingerprint density at radius 3 is 2.90 bits per heavy atom. The van der Waals surface area contributed by atoms with Crippen LogP contribution < -0.4 is 4.72 Å². The van der Waals surface area contributed by atoms with Crippen molar-refractivity contribution in [3.63, 3.8) is 0 Å². The van der Waals surface area contributed by atoms with Gasteiger partial charge in [-0.15, -0.1) is 0 Å². The number of thioether (sulfide) groups is 1. The van der Waals surface area contributed by atoms with Gasteiger partial charge in [0.2, 0.25) is 10.0 Å². The summed E-state index contributed by atoms with van der Waals surface area (Å²) in [6, 6.07) is 3.01. The molecular formula is C11H13N3O4S2. The smallest absolute Gasteiger partial charge is 0.321 e. The van der Waals surface area contributed by atoms with Crippen LogP contribution >= 0.6 is 11.8 Å². The summed E-state index contributed by atoms with van der Waals surface area (Å²) in [5.41, 5.74) is -0.269. The highest BCUT2D eigenvalue weighted by atomic mass is 32.2. The number of carbonyl (C=O) groups is 1. The number of carboxylic acids is 1. The fourth-order valence-electron chi connectivity index (χ4n) is 1.41. The van der Waals surface area contributed by atoms with Crippen LogP contribution in [0.5, 0.6) is 0 Å². The van der Waals surface area contributed by atoms with Crippen molar-refractivity contribution in [2.45, 2.75) is 17.4 Å². The third kappa shape index (κ3) is 4.19. The highest BCUT2D eigenvalue weighted by Crippen LogP contribution is 2.13. The lowest BCUT2D eigenvalue weighted by Crippen LogP contribution is -2.41. The van der Waals surface area contributed by atoms with Gasteiger partial charge in [-0.05, 0) is 30.6 Å². The molecule has 0 aromatic carbocycles. The lowest BCUT2D eigenvalue weighted by molar-refractivity contribution is -0.139. The number of pyridine rings is 1. The zero-order valence-electron chi connectivity index (χ0n) is 10.6. The lowest BCUT2D eigenvalue weighted by atomic mass is 10.2. The fourth-order valence-corrected chi connectivity index (χ4v) is 3.21. The molecule has 108 valence electrons. The third-order valence-electron chi connectivity index (χ3n) is 2.37. The summed E-state index contributed by atoms with van der Waals surface area (Å²) < 4.78 is 26.3. The monoisotopic (exact) mass is 315 g/mol. The van der Waals surface area contributed by atoms with E-state index in [0.717, 1.165) is 0 Å². The first kappa shape index (κ1) is 16.4. The minimum absolute atomic E-state index is 0.151. The number of nitrogens with one attached hydrogen (secondary N) is 1. The van der Waals surface area contributed by atoms with E-state index in [2.05, 4.69) is 9.71 Å². The zero-order chi connectivity index (χ0) is 15.2. The first-order valence-corrected chi connectivity index (χ1v) is 8.39. The quantitative estimate of drug-likeness (QED) is 0.749. The van der Waals surface area contributed by atoms with Gasteiger partial charge in [0.25, 0.3) is 0 Å². The number of nitrogens with zero attached hydrogens (tertiary/aromatic N) is 2. The van der Waals surface area contributed by atoms with Gasteiger partial charge < -0.3 is 5.11 Å². The second-order valence-corrected chi connectivity index (χ2v) is 6.42. The molecule has 1 aromatic heterocycles. The Labute approximate surface area is 121 Å². The van der Waals surface area contributed by atoms with Gasteiger partial charge in [-0.2, -0.15) is 21.7 Å². The fraction of sp³-hybridized carbons (Fsp3) is 0.364. The van der Waals surface area contributed by atoms with Gasteiger partial charge in [0.1, 0.15) is 17.0 Å². The summed E-state index contributed by atoms with van der Waals surface area (Å²) in [4.78, 5) is 14.4. The van der Waals surface area contributed by atoms with Gasteiger partial charge in [0, 0.05) is 6.20 Å². The predicted molar refractivity (Wildman–Crippen MR) is 73.7 cm³/mol. The summed E-state index contributed by atoms with van der Waals surface area (Å²) in [5, 5.41) is 17.9. The van der Waals surface area contributed by atoms with Crippen LogP contribution in [-0.4, -0.2) is 42.5 Å². The molecule has 20 heavy (non-hydrogen) atoms. The highest BCUT2D eigenvalue weighted by molar-refractivity contribution is 7.98. The molecule has 7 nitrogen and oxygen atoms in total. The largest absolute Gasteiger partial charge is 0.480 e. The molecule has 1 aromatic rings. The molecule has 1 heterocycles. The van der Waals surface area contributed by atoms with Crippen molar-refractivity contribution < 1.29 is 18.3 Å². The van der Waals surface area contributed by atoms with Crippen LogP contribution in [0, 0.1) is 11.3 Å². The Morgan fingerprint density at radius 2 is 2.35 bits per heavy atom.